The van der Waals surface area contributed by atoms with Crippen molar-refractivity contribution in [2.24, 2.45) is 0 Å². The van der Waals surface area contributed by atoms with Gasteiger partial charge in [0.05, 0.1) is 5.88 Å². The van der Waals surface area contributed by atoms with Crippen LogP contribution < -0.4 is 0 Å². The predicted molar refractivity (Wildman–Crippen MR) is 55.6 cm³/mol. The average molecular weight is 245 g/mol. The van der Waals surface area contributed by atoms with E-state index < -0.39 is 0 Å². The summed E-state index contributed by atoms with van der Waals surface area (Å²) < 4.78 is 1.09. The minimum atomic E-state index is 0.534. The number of rotatable bonds is 1. The van der Waals surface area contributed by atoms with E-state index in [1.54, 1.807) is 0 Å². The minimum absolute atomic E-state index is 0.534. The molecule has 0 atom stereocenters. The van der Waals surface area contributed by atoms with Crippen molar-refractivity contribution in [3.8, 4) is 0 Å². The van der Waals surface area contributed by atoms with E-state index in [0.29, 0.717) is 5.88 Å². The lowest BCUT2D eigenvalue weighted by atomic mass is 10.2. The summed E-state index contributed by atoms with van der Waals surface area (Å²) in [6, 6.07) is 8.18. The first kappa shape index (κ1) is 8.14. The summed E-state index contributed by atoms with van der Waals surface area (Å²) in [5.41, 5.74) is 2.19. The normalized spacial score (nSPS) is 10.8. The van der Waals surface area contributed by atoms with Gasteiger partial charge in [0.2, 0.25) is 0 Å². The number of hydrogen-bond acceptors (Lipinski definition) is 0. The first-order valence-corrected chi connectivity index (χ1v) is 4.95. The van der Waals surface area contributed by atoms with E-state index in [-0.39, 0.29) is 0 Å². The van der Waals surface area contributed by atoms with E-state index >= 15 is 0 Å². The highest BCUT2D eigenvalue weighted by Gasteiger charge is 1.98. The number of alkyl halides is 1. The van der Waals surface area contributed by atoms with Crippen molar-refractivity contribution in [1.29, 1.82) is 0 Å². The summed E-state index contributed by atoms with van der Waals surface area (Å²) in [4.78, 5) is 3.22. The molecule has 0 spiro atoms. The molecule has 1 N–H and O–H groups in total. The minimum Gasteiger partial charge on any atom is -0.357 e. The summed E-state index contributed by atoms with van der Waals surface area (Å²) in [5, 5.41) is 1.19. The van der Waals surface area contributed by atoms with Crippen molar-refractivity contribution in [1.82, 2.24) is 4.98 Å². The van der Waals surface area contributed by atoms with Crippen molar-refractivity contribution in [3.63, 3.8) is 0 Å². The molecule has 0 amide bonds. The molecule has 0 aliphatic carbocycles. The zero-order valence-corrected chi connectivity index (χ0v) is 8.61. The van der Waals surface area contributed by atoms with Gasteiger partial charge < -0.3 is 4.98 Å². The second kappa shape index (κ2) is 3.11. The fourth-order valence-corrected chi connectivity index (χ4v) is 1.76. The molecular formula is C9H7BrClN. The number of aromatic nitrogens is 1. The molecule has 62 valence electrons. The van der Waals surface area contributed by atoms with Crippen LogP contribution in [-0.4, -0.2) is 4.98 Å². The third-order valence-electron chi connectivity index (χ3n) is 1.78. The Balaban J connectivity index is 2.67. The van der Waals surface area contributed by atoms with Gasteiger partial charge in [0.25, 0.3) is 0 Å². The lowest BCUT2D eigenvalue weighted by Crippen LogP contribution is -1.72. The van der Waals surface area contributed by atoms with Crippen LogP contribution >= 0.6 is 27.5 Å². The molecule has 2 rings (SSSR count). The molecule has 0 fully saturated rings. The molecule has 0 saturated heterocycles. The maximum atomic E-state index is 5.70. The lowest BCUT2D eigenvalue weighted by Gasteiger charge is -1.89. The van der Waals surface area contributed by atoms with Crippen molar-refractivity contribution in [3.05, 3.63) is 34.4 Å². The van der Waals surface area contributed by atoms with E-state index in [2.05, 4.69) is 33.0 Å². The predicted octanol–water partition coefficient (Wildman–Crippen LogP) is 3.67. The second-order valence-electron chi connectivity index (χ2n) is 2.66. The number of halogens is 2. The van der Waals surface area contributed by atoms with Crippen LogP contribution in [0.4, 0.5) is 0 Å². The van der Waals surface area contributed by atoms with Gasteiger partial charge in [-0.3, -0.25) is 0 Å². The average Bonchev–Trinajstić information content (AvgIpc) is 2.46. The summed E-state index contributed by atoms with van der Waals surface area (Å²) in [5.74, 6) is 0.534. The quantitative estimate of drug-likeness (QED) is 0.737. The van der Waals surface area contributed by atoms with Crippen LogP contribution in [0.25, 0.3) is 10.9 Å². The third kappa shape index (κ3) is 1.37. The standard InChI is InChI=1S/C9H7BrClN/c10-7-1-2-9-6(3-7)4-8(5-11)12-9/h1-4,12H,5H2. The van der Waals surface area contributed by atoms with Crippen molar-refractivity contribution in [2.45, 2.75) is 5.88 Å². The molecule has 1 aromatic heterocycles. The fourth-order valence-electron chi connectivity index (χ4n) is 1.24. The maximum Gasteiger partial charge on any atom is 0.0625 e. The molecule has 0 saturated carbocycles. The molecule has 12 heavy (non-hydrogen) atoms. The van der Waals surface area contributed by atoms with Crippen molar-refractivity contribution < 1.29 is 0 Å². The SMILES string of the molecule is ClCc1cc2cc(Br)ccc2[nH]1. The Morgan fingerprint density at radius 2 is 2.17 bits per heavy atom. The zero-order chi connectivity index (χ0) is 8.55. The number of hydrogen-bond donors (Lipinski definition) is 1. The molecule has 0 aliphatic rings. The number of aromatic amines is 1. The Morgan fingerprint density at radius 1 is 1.33 bits per heavy atom. The van der Waals surface area contributed by atoms with Gasteiger partial charge in [-0.2, -0.15) is 0 Å². The van der Waals surface area contributed by atoms with Gasteiger partial charge in [-0.05, 0) is 24.3 Å². The van der Waals surface area contributed by atoms with Gasteiger partial charge in [-0.1, -0.05) is 15.9 Å². The summed E-state index contributed by atoms with van der Waals surface area (Å²) in [6.07, 6.45) is 0. The number of H-pyrrole nitrogens is 1. The fraction of sp³-hybridized carbons (Fsp3) is 0.111. The highest BCUT2D eigenvalue weighted by Crippen LogP contribution is 2.20. The Labute approximate surface area is 83.9 Å². The van der Waals surface area contributed by atoms with Crippen molar-refractivity contribution >= 4 is 38.4 Å². The van der Waals surface area contributed by atoms with Gasteiger partial charge in [0, 0.05) is 21.1 Å². The maximum absolute atomic E-state index is 5.70. The number of benzene rings is 1. The monoisotopic (exact) mass is 243 g/mol. The van der Waals surface area contributed by atoms with Crippen molar-refractivity contribution in [2.75, 3.05) is 0 Å². The molecule has 3 heteroatoms. The van der Waals surface area contributed by atoms with Crippen LogP contribution in [0.1, 0.15) is 5.69 Å². The molecule has 0 unspecified atom stereocenters. The van der Waals surface area contributed by atoms with Crippen LogP contribution in [0.5, 0.6) is 0 Å². The molecule has 1 aromatic carbocycles. The van der Waals surface area contributed by atoms with Crippen LogP contribution in [0.2, 0.25) is 0 Å². The lowest BCUT2D eigenvalue weighted by molar-refractivity contribution is 1.26. The number of nitrogens with one attached hydrogen (secondary N) is 1. The first-order chi connectivity index (χ1) is 5.79. The second-order valence-corrected chi connectivity index (χ2v) is 3.84. The molecule has 0 aliphatic heterocycles. The third-order valence-corrected chi connectivity index (χ3v) is 2.56. The topological polar surface area (TPSA) is 15.8 Å². The zero-order valence-electron chi connectivity index (χ0n) is 6.27. The Hall–Kier alpha value is -0.470. The molecule has 1 heterocycles. The summed E-state index contributed by atoms with van der Waals surface area (Å²) in [6.45, 7) is 0. The van der Waals surface area contributed by atoms with Crippen LogP contribution in [0, 0.1) is 0 Å². The summed E-state index contributed by atoms with van der Waals surface area (Å²) in [7, 11) is 0. The molecular weight excluding hydrogens is 237 g/mol. The van der Waals surface area contributed by atoms with Gasteiger partial charge in [-0.25, -0.2) is 0 Å². The largest absolute Gasteiger partial charge is 0.357 e. The van der Waals surface area contributed by atoms with Gasteiger partial charge in [-0.15, -0.1) is 11.6 Å². The molecule has 0 bridgehead atoms. The highest BCUT2D eigenvalue weighted by molar-refractivity contribution is 9.10. The molecule has 0 radical (unpaired) electrons. The van der Waals surface area contributed by atoms with Crippen LogP contribution in [0.15, 0.2) is 28.7 Å². The Morgan fingerprint density at radius 3 is 2.92 bits per heavy atom. The van der Waals surface area contributed by atoms with Gasteiger partial charge in [0.15, 0.2) is 0 Å². The smallest absolute Gasteiger partial charge is 0.0625 e. The number of fused-ring (bicyclic) bond motifs is 1. The molecule has 1 nitrogen and oxygen atoms in total. The van der Waals surface area contributed by atoms with E-state index in [9.17, 15) is 0 Å². The van der Waals surface area contributed by atoms with Gasteiger partial charge in [0.1, 0.15) is 0 Å². The first-order valence-electron chi connectivity index (χ1n) is 3.63. The summed E-state index contributed by atoms with van der Waals surface area (Å²) >= 11 is 9.11. The van der Waals surface area contributed by atoms with E-state index in [0.717, 1.165) is 15.7 Å². The highest BCUT2D eigenvalue weighted by atomic mass is 79.9. The van der Waals surface area contributed by atoms with E-state index in [1.165, 1.54) is 5.39 Å². The Bertz CT molecular complexity index is 408. The van der Waals surface area contributed by atoms with E-state index in [4.69, 9.17) is 11.6 Å². The van der Waals surface area contributed by atoms with Crippen LogP contribution in [-0.2, 0) is 5.88 Å². The molecule has 2 aromatic rings. The Kier molecular flexibility index (Phi) is 2.11. The van der Waals surface area contributed by atoms with Gasteiger partial charge >= 0.3 is 0 Å². The van der Waals surface area contributed by atoms with Crippen LogP contribution in [0.3, 0.4) is 0 Å². The van der Waals surface area contributed by atoms with E-state index in [1.807, 2.05) is 12.1 Å².